The molecule has 1 saturated heterocycles. The summed E-state index contributed by atoms with van der Waals surface area (Å²) in [4.78, 5) is 25.0. The second-order valence-electron chi connectivity index (χ2n) is 12.2. The van der Waals surface area contributed by atoms with Crippen LogP contribution in [0.15, 0.2) is 54.6 Å². The van der Waals surface area contributed by atoms with Crippen LogP contribution < -0.4 is 19.1 Å². The molecule has 0 radical (unpaired) electrons. The molecule has 0 spiro atoms. The van der Waals surface area contributed by atoms with E-state index in [2.05, 4.69) is 20.4 Å². The Morgan fingerprint density at radius 1 is 0.918 bits per heavy atom. The maximum absolute atomic E-state index is 14.5. The Balaban J connectivity index is 1.30. The van der Waals surface area contributed by atoms with Gasteiger partial charge in [0.25, 0.3) is 5.91 Å². The molecule has 4 aromatic rings. The van der Waals surface area contributed by atoms with Crippen LogP contribution in [0.1, 0.15) is 41.6 Å². The summed E-state index contributed by atoms with van der Waals surface area (Å²) < 4.78 is 52.7. The van der Waals surface area contributed by atoms with Crippen LogP contribution in [0.4, 0.5) is 14.7 Å². The third-order valence-electron chi connectivity index (χ3n) is 9.13. The van der Waals surface area contributed by atoms with E-state index in [0.29, 0.717) is 54.6 Å². The molecule has 0 N–H and O–H groups in total. The summed E-state index contributed by atoms with van der Waals surface area (Å²) in [5.74, 6) is -0.218. The van der Waals surface area contributed by atoms with Crippen molar-refractivity contribution in [3.8, 4) is 17.2 Å². The van der Waals surface area contributed by atoms with E-state index in [1.807, 2.05) is 25.1 Å². The molecule has 1 aromatic heterocycles. The van der Waals surface area contributed by atoms with Gasteiger partial charge in [0.15, 0.2) is 23.1 Å². The van der Waals surface area contributed by atoms with Crippen LogP contribution in [0.25, 0.3) is 11.0 Å². The zero-order valence-corrected chi connectivity index (χ0v) is 29.1. The molecule has 3 aromatic carbocycles. The molecule has 10 nitrogen and oxygen atoms in total. The Morgan fingerprint density at radius 2 is 1.67 bits per heavy atom. The Labute approximate surface area is 287 Å². The summed E-state index contributed by atoms with van der Waals surface area (Å²) in [7, 11) is 6.20. The summed E-state index contributed by atoms with van der Waals surface area (Å²) >= 11 is 0. The van der Waals surface area contributed by atoms with Gasteiger partial charge in [0.1, 0.15) is 0 Å². The van der Waals surface area contributed by atoms with Crippen LogP contribution in [0.3, 0.4) is 0 Å². The number of hydrogen-bond acceptors (Lipinski definition) is 8. The molecule has 0 bridgehead atoms. The first-order valence-electron chi connectivity index (χ1n) is 16.8. The van der Waals surface area contributed by atoms with Gasteiger partial charge in [-0.1, -0.05) is 18.2 Å². The quantitative estimate of drug-likeness (QED) is 0.145. The number of carbonyl (C=O) groups excluding carboxylic acids is 1. The Hall–Kier alpha value is -4.42. The number of benzene rings is 3. The molecule has 1 fully saturated rings. The fourth-order valence-electron chi connectivity index (χ4n) is 6.53. The first-order chi connectivity index (χ1) is 23.8. The van der Waals surface area contributed by atoms with Gasteiger partial charge in [0.05, 0.1) is 39.0 Å². The molecule has 0 aliphatic carbocycles. The van der Waals surface area contributed by atoms with Crippen molar-refractivity contribution in [2.24, 2.45) is 0 Å². The van der Waals surface area contributed by atoms with Crippen LogP contribution in [-0.2, 0) is 11.3 Å². The van der Waals surface area contributed by atoms with Crippen LogP contribution >= 0.6 is 0 Å². The van der Waals surface area contributed by atoms with E-state index in [1.165, 1.54) is 27.4 Å². The van der Waals surface area contributed by atoms with Gasteiger partial charge < -0.3 is 38.2 Å². The second-order valence-corrected chi connectivity index (χ2v) is 12.2. The van der Waals surface area contributed by atoms with Crippen molar-refractivity contribution in [1.29, 1.82) is 0 Å². The second kappa shape index (κ2) is 16.8. The number of para-hydroxylation sites is 2. The van der Waals surface area contributed by atoms with Gasteiger partial charge in [0, 0.05) is 57.9 Å². The smallest absolute Gasteiger partial charge is 0.253 e. The van der Waals surface area contributed by atoms with Crippen LogP contribution in [0, 0.1) is 11.6 Å². The molecule has 5 rings (SSSR count). The van der Waals surface area contributed by atoms with E-state index in [-0.39, 0.29) is 11.8 Å². The standard InChI is InChI=1S/C37H47F2N5O5/c1-6-49-21-20-44-32-11-8-7-10-31(32)40-37(44)43-16-9-15-42(18-19-43)17-14-27(26-12-13-29(38)30(39)22-26)25-41(2)36(45)28-23-33(46-3)35(48-5)34(24-28)47-4/h7-8,10-13,22-24,27H,6,9,14-21,25H2,1-5H3. The van der Waals surface area contributed by atoms with Crippen molar-refractivity contribution in [2.75, 3.05) is 85.8 Å². The lowest BCUT2D eigenvalue weighted by Gasteiger charge is -2.28. The number of halogens is 2. The molecule has 1 unspecified atom stereocenters. The van der Waals surface area contributed by atoms with E-state index in [1.54, 1.807) is 30.1 Å². The van der Waals surface area contributed by atoms with E-state index in [9.17, 15) is 13.6 Å². The monoisotopic (exact) mass is 679 g/mol. The third-order valence-corrected chi connectivity index (χ3v) is 9.13. The van der Waals surface area contributed by atoms with Gasteiger partial charge in [0.2, 0.25) is 11.7 Å². The minimum Gasteiger partial charge on any atom is -0.493 e. The number of methoxy groups -OCH3 is 3. The Morgan fingerprint density at radius 3 is 2.37 bits per heavy atom. The van der Waals surface area contributed by atoms with E-state index < -0.39 is 11.6 Å². The molecule has 12 heteroatoms. The number of likely N-dealkylation sites (N-methyl/N-ethyl adjacent to an activating group) is 1. The highest BCUT2D eigenvalue weighted by Crippen LogP contribution is 2.38. The molecule has 1 aliphatic heterocycles. The number of aromatic nitrogens is 2. The zero-order valence-electron chi connectivity index (χ0n) is 29.1. The van der Waals surface area contributed by atoms with Crippen molar-refractivity contribution < 1.29 is 32.5 Å². The Kier molecular flexibility index (Phi) is 12.3. The van der Waals surface area contributed by atoms with Gasteiger partial charge in [-0.05, 0) is 74.8 Å². The number of anilines is 1. The first kappa shape index (κ1) is 35.9. The number of rotatable bonds is 15. The van der Waals surface area contributed by atoms with E-state index in [0.717, 1.165) is 68.7 Å². The van der Waals surface area contributed by atoms with Gasteiger partial charge in [-0.2, -0.15) is 0 Å². The highest BCUT2D eigenvalue weighted by molar-refractivity contribution is 5.95. The van der Waals surface area contributed by atoms with Crippen LogP contribution in [-0.4, -0.2) is 106 Å². The van der Waals surface area contributed by atoms with E-state index in [4.69, 9.17) is 23.9 Å². The van der Waals surface area contributed by atoms with Crippen molar-refractivity contribution in [2.45, 2.75) is 32.2 Å². The number of ether oxygens (including phenoxy) is 4. The minimum absolute atomic E-state index is 0.242. The Bertz CT molecular complexity index is 1690. The van der Waals surface area contributed by atoms with Gasteiger partial charge in [-0.25, -0.2) is 13.8 Å². The first-order valence-corrected chi connectivity index (χ1v) is 16.8. The van der Waals surface area contributed by atoms with Crippen molar-refractivity contribution in [3.05, 3.63) is 77.4 Å². The fraction of sp³-hybridized carbons (Fsp3) is 0.459. The summed E-state index contributed by atoms with van der Waals surface area (Å²) in [6.45, 7) is 8.41. The maximum Gasteiger partial charge on any atom is 0.253 e. The number of amides is 1. The number of fused-ring (bicyclic) bond motifs is 1. The maximum atomic E-state index is 14.5. The molecule has 2 heterocycles. The average molecular weight is 680 g/mol. The molecule has 1 amide bonds. The highest BCUT2D eigenvalue weighted by Gasteiger charge is 2.25. The van der Waals surface area contributed by atoms with Crippen LogP contribution in [0.5, 0.6) is 17.2 Å². The predicted octanol–water partition coefficient (Wildman–Crippen LogP) is 5.84. The number of imidazole rings is 1. The number of carbonyl (C=O) groups is 1. The van der Waals surface area contributed by atoms with E-state index >= 15 is 0 Å². The van der Waals surface area contributed by atoms with Crippen molar-refractivity contribution >= 4 is 22.9 Å². The molecule has 1 aliphatic rings. The van der Waals surface area contributed by atoms with Crippen molar-refractivity contribution in [1.82, 2.24) is 19.4 Å². The van der Waals surface area contributed by atoms with Gasteiger partial charge in [-0.15, -0.1) is 0 Å². The van der Waals surface area contributed by atoms with Crippen molar-refractivity contribution in [3.63, 3.8) is 0 Å². The van der Waals surface area contributed by atoms with Crippen LogP contribution in [0.2, 0.25) is 0 Å². The summed E-state index contributed by atoms with van der Waals surface area (Å²) in [6, 6.07) is 15.4. The third kappa shape index (κ3) is 8.42. The predicted molar refractivity (Wildman–Crippen MR) is 186 cm³/mol. The lowest BCUT2D eigenvalue weighted by atomic mass is 9.94. The molecule has 0 saturated carbocycles. The molecular formula is C37H47F2N5O5. The molecule has 264 valence electrons. The lowest BCUT2D eigenvalue weighted by Crippen LogP contribution is -2.35. The highest BCUT2D eigenvalue weighted by atomic mass is 19.2. The average Bonchev–Trinajstić information content (AvgIpc) is 3.31. The fourth-order valence-corrected chi connectivity index (χ4v) is 6.53. The van der Waals surface area contributed by atoms with Gasteiger partial charge in [-0.3, -0.25) is 4.79 Å². The van der Waals surface area contributed by atoms with Gasteiger partial charge >= 0.3 is 0 Å². The molecular weight excluding hydrogens is 632 g/mol. The SMILES string of the molecule is CCOCCn1c(N2CCCN(CCC(CN(C)C(=O)c3cc(OC)c(OC)c(OC)c3)c3ccc(F)c(F)c3)CC2)nc2ccccc21. The number of nitrogens with zero attached hydrogens (tertiary/aromatic N) is 5. The summed E-state index contributed by atoms with van der Waals surface area (Å²) in [5.41, 5.74) is 3.07. The summed E-state index contributed by atoms with van der Waals surface area (Å²) in [6.07, 6.45) is 1.59. The number of hydrogen-bond donors (Lipinski definition) is 0. The normalized spacial score (nSPS) is 14.5. The zero-order chi connectivity index (χ0) is 34.9. The lowest BCUT2D eigenvalue weighted by molar-refractivity contribution is 0.0782. The minimum atomic E-state index is -0.904. The largest absolute Gasteiger partial charge is 0.493 e. The summed E-state index contributed by atoms with van der Waals surface area (Å²) in [5, 5.41) is 0. The molecule has 49 heavy (non-hydrogen) atoms. The topological polar surface area (TPSA) is 81.5 Å². The molecule has 1 atom stereocenters.